The summed E-state index contributed by atoms with van der Waals surface area (Å²) in [5.74, 6) is 0.220. The summed E-state index contributed by atoms with van der Waals surface area (Å²) in [4.78, 5) is 0. The van der Waals surface area contributed by atoms with Gasteiger partial charge in [-0.25, -0.2) is 0 Å². The lowest BCUT2D eigenvalue weighted by molar-refractivity contribution is 0.313. The Morgan fingerprint density at radius 1 is 1.85 bits per heavy atom. The molecule has 0 radical (unpaired) electrons. The van der Waals surface area contributed by atoms with E-state index in [4.69, 9.17) is 10.9 Å². The van der Waals surface area contributed by atoms with Crippen molar-refractivity contribution in [2.45, 2.75) is 20.4 Å². The van der Waals surface area contributed by atoms with Crippen molar-refractivity contribution in [1.29, 1.82) is 0 Å². The van der Waals surface area contributed by atoms with Crippen LogP contribution in [0.25, 0.3) is 0 Å². The summed E-state index contributed by atoms with van der Waals surface area (Å²) in [5.41, 5.74) is 6.53. The number of nitrogens with zero attached hydrogens (tertiary/aromatic N) is 3. The Morgan fingerprint density at radius 2 is 2.54 bits per heavy atom. The van der Waals surface area contributed by atoms with E-state index >= 15 is 0 Å². The Balaban J connectivity index is 2.59. The Hall–Kier alpha value is -1.52. The third-order valence-electron chi connectivity index (χ3n) is 1.84. The van der Waals surface area contributed by atoms with Gasteiger partial charge in [-0.2, -0.15) is 5.10 Å². The number of oxime groups is 1. The topological polar surface area (TPSA) is 76.4 Å². The van der Waals surface area contributed by atoms with Gasteiger partial charge >= 0.3 is 0 Å². The van der Waals surface area contributed by atoms with Gasteiger partial charge in [0.15, 0.2) is 0 Å². The van der Waals surface area contributed by atoms with Crippen LogP contribution in [0.5, 0.6) is 0 Å². The Labute approximate surface area is 76.8 Å². The van der Waals surface area contributed by atoms with Gasteiger partial charge in [0.1, 0.15) is 5.84 Å². The third-order valence-corrected chi connectivity index (χ3v) is 1.84. The van der Waals surface area contributed by atoms with Gasteiger partial charge in [-0.15, -0.1) is 0 Å². The molecule has 0 amide bonds. The van der Waals surface area contributed by atoms with Gasteiger partial charge in [-0.1, -0.05) is 12.1 Å². The molecule has 5 heteroatoms. The number of rotatable bonds is 3. The molecule has 0 aliphatic heterocycles. The van der Waals surface area contributed by atoms with Crippen molar-refractivity contribution in [1.82, 2.24) is 9.78 Å². The number of aryl methyl sites for hydroxylation is 1. The highest BCUT2D eigenvalue weighted by Gasteiger charge is 2.08. The van der Waals surface area contributed by atoms with E-state index in [2.05, 4.69) is 10.3 Å². The molecule has 1 atom stereocenters. The molecule has 1 aromatic rings. The van der Waals surface area contributed by atoms with Crippen molar-refractivity contribution in [3.8, 4) is 0 Å². The molecule has 13 heavy (non-hydrogen) atoms. The number of nitrogens with two attached hydrogens (primary N) is 1. The van der Waals surface area contributed by atoms with E-state index in [1.165, 1.54) is 0 Å². The largest absolute Gasteiger partial charge is 0.409 e. The summed E-state index contributed by atoms with van der Waals surface area (Å²) < 4.78 is 1.78. The monoisotopic (exact) mass is 182 g/mol. The lowest BCUT2D eigenvalue weighted by Gasteiger charge is -2.08. The standard InChI is InChI=1S/C8H14N4O/c1-6-3-10-12(4-6)5-7(2)8(9)11-13/h3-4,7,13H,5H2,1-2H3,(H2,9,11)/t7-/m0/s1. The first-order valence-electron chi connectivity index (χ1n) is 4.10. The van der Waals surface area contributed by atoms with Gasteiger partial charge < -0.3 is 10.9 Å². The molecular weight excluding hydrogens is 168 g/mol. The van der Waals surface area contributed by atoms with Gasteiger partial charge in [0, 0.05) is 12.1 Å². The molecule has 5 nitrogen and oxygen atoms in total. The minimum atomic E-state index is -0.00991. The SMILES string of the molecule is Cc1cnn(C[C@H](C)/C(N)=N/O)c1. The fourth-order valence-electron chi connectivity index (χ4n) is 1.04. The Bertz CT molecular complexity index is 305. The van der Waals surface area contributed by atoms with E-state index in [1.807, 2.05) is 20.0 Å². The molecule has 1 heterocycles. The molecule has 0 aliphatic rings. The van der Waals surface area contributed by atoms with Crippen LogP contribution in [0.2, 0.25) is 0 Å². The zero-order chi connectivity index (χ0) is 9.84. The molecule has 0 saturated heterocycles. The molecule has 0 aromatic carbocycles. The van der Waals surface area contributed by atoms with Crippen LogP contribution in [-0.2, 0) is 6.54 Å². The third kappa shape index (κ3) is 2.47. The second kappa shape index (κ2) is 3.93. The predicted molar refractivity (Wildman–Crippen MR) is 49.5 cm³/mol. The minimum Gasteiger partial charge on any atom is -0.409 e. The molecule has 1 rings (SSSR count). The van der Waals surface area contributed by atoms with E-state index in [9.17, 15) is 0 Å². The van der Waals surface area contributed by atoms with Crippen LogP contribution in [0.4, 0.5) is 0 Å². The Kier molecular flexibility index (Phi) is 2.89. The fourth-order valence-corrected chi connectivity index (χ4v) is 1.04. The van der Waals surface area contributed by atoms with Gasteiger partial charge in [-0.3, -0.25) is 4.68 Å². The van der Waals surface area contributed by atoms with Gasteiger partial charge in [0.05, 0.1) is 12.7 Å². The van der Waals surface area contributed by atoms with Crippen molar-refractivity contribution < 1.29 is 5.21 Å². The smallest absolute Gasteiger partial charge is 0.143 e. The minimum absolute atomic E-state index is 0.00991. The maximum absolute atomic E-state index is 8.42. The number of amidine groups is 1. The van der Waals surface area contributed by atoms with Crippen molar-refractivity contribution in [2.75, 3.05) is 0 Å². The molecule has 0 bridgehead atoms. The number of hydrogen-bond acceptors (Lipinski definition) is 3. The molecule has 3 N–H and O–H groups in total. The molecule has 0 aliphatic carbocycles. The van der Waals surface area contributed by atoms with E-state index in [0.717, 1.165) is 5.56 Å². The average molecular weight is 182 g/mol. The van der Waals surface area contributed by atoms with Crippen molar-refractivity contribution in [3.63, 3.8) is 0 Å². The molecule has 1 aromatic heterocycles. The maximum Gasteiger partial charge on any atom is 0.143 e. The van der Waals surface area contributed by atoms with E-state index < -0.39 is 0 Å². The predicted octanol–water partition coefficient (Wildman–Crippen LogP) is 0.574. The second-order valence-electron chi connectivity index (χ2n) is 3.17. The summed E-state index contributed by atoms with van der Waals surface area (Å²) in [6.07, 6.45) is 3.69. The quantitative estimate of drug-likeness (QED) is 0.310. The maximum atomic E-state index is 8.42. The summed E-state index contributed by atoms with van der Waals surface area (Å²) in [6.45, 7) is 4.48. The van der Waals surface area contributed by atoms with Crippen molar-refractivity contribution in [3.05, 3.63) is 18.0 Å². The molecule has 72 valence electrons. The lowest BCUT2D eigenvalue weighted by Crippen LogP contribution is -2.25. The van der Waals surface area contributed by atoms with Crippen LogP contribution in [0.15, 0.2) is 17.5 Å². The van der Waals surface area contributed by atoms with Crippen LogP contribution in [0.1, 0.15) is 12.5 Å². The zero-order valence-electron chi connectivity index (χ0n) is 7.81. The highest BCUT2D eigenvalue weighted by molar-refractivity contribution is 5.81. The highest BCUT2D eigenvalue weighted by Crippen LogP contribution is 2.01. The molecule has 0 spiro atoms. The van der Waals surface area contributed by atoms with Crippen molar-refractivity contribution >= 4 is 5.84 Å². The van der Waals surface area contributed by atoms with E-state index in [-0.39, 0.29) is 11.8 Å². The first-order valence-corrected chi connectivity index (χ1v) is 4.10. The molecule has 0 unspecified atom stereocenters. The Morgan fingerprint density at radius 3 is 3.00 bits per heavy atom. The van der Waals surface area contributed by atoms with Gasteiger partial charge in [0.25, 0.3) is 0 Å². The zero-order valence-corrected chi connectivity index (χ0v) is 7.81. The lowest BCUT2D eigenvalue weighted by atomic mass is 10.1. The molecular formula is C8H14N4O. The summed E-state index contributed by atoms with van der Waals surface area (Å²) in [6, 6.07) is 0. The van der Waals surface area contributed by atoms with Crippen LogP contribution in [0.3, 0.4) is 0 Å². The summed E-state index contributed by atoms with van der Waals surface area (Å²) in [5, 5.41) is 15.5. The van der Waals surface area contributed by atoms with Crippen LogP contribution < -0.4 is 5.73 Å². The van der Waals surface area contributed by atoms with E-state index in [0.29, 0.717) is 6.54 Å². The van der Waals surface area contributed by atoms with E-state index in [1.54, 1.807) is 10.9 Å². The highest BCUT2D eigenvalue weighted by atomic mass is 16.4. The fraction of sp³-hybridized carbons (Fsp3) is 0.500. The average Bonchev–Trinajstić information content (AvgIpc) is 2.49. The van der Waals surface area contributed by atoms with Gasteiger partial charge in [0.2, 0.25) is 0 Å². The molecule has 0 saturated carbocycles. The van der Waals surface area contributed by atoms with Crippen LogP contribution in [-0.4, -0.2) is 20.8 Å². The normalized spacial score (nSPS) is 14.5. The summed E-state index contributed by atoms with van der Waals surface area (Å²) >= 11 is 0. The number of aromatic nitrogens is 2. The van der Waals surface area contributed by atoms with Crippen molar-refractivity contribution in [2.24, 2.45) is 16.8 Å². The molecule has 0 fully saturated rings. The van der Waals surface area contributed by atoms with Gasteiger partial charge in [-0.05, 0) is 12.5 Å². The van der Waals surface area contributed by atoms with Crippen LogP contribution >= 0.6 is 0 Å². The first-order chi connectivity index (χ1) is 6.13. The number of hydrogen-bond donors (Lipinski definition) is 2. The second-order valence-corrected chi connectivity index (χ2v) is 3.17. The summed E-state index contributed by atoms with van der Waals surface area (Å²) in [7, 11) is 0. The van der Waals surface area contributed by atoms with Crippen LogP contribution in [0, 0.1) is 12.8 Å². The first kappa shape index (κ1) is 9.57.